The fourth-order valence-corrected chi connectivity index (χ4v) is 2.40. The van der Waals surface area contributed by atoms with E-state index in [0.717, 1.165) is 30.8 Å². The first-order chi connectivity index (χ1) is 9.74. The van der Waals surface area contributed by atoms with E-state index in [0.29, 0.717) is 0 Å². The van der Waals surface area contributed by atoms with E-state index in [4.69, 9.17) is 4.98 Å². The molecule has 0 radical (unpaired) electrons. The van der Waals surface area contributed by atoms with Crippen molar-refractivity contribution in [1.82, 2.24) is 10.3 Å². The standard InChI is InChI=1S/C18H24N2/c1-4-12-19-18(17-11-6-8-14(3)20-17)16-10-7-9-15(5-2)13-16/h6-11,13,18-19H,4-5,12H2,1-3H3. The minimum absolute atomic E-state index is 0.182. The van der Waals surface area contributed by atoms with Gasteiger partial charge >= 0.3 is 0 Å². The predicted molar refractivity (Wildman–Crippen MR) is 84.9 cm³/mol. The minimum atomic E-state index is 0.182. The Morgan fingerprint density at radius 2 is 1.90 bits per heavy atom. The Hall–Kier alpha value is -1.67. The van der Waals surface area contributed by atoms with Gasteiger partial charge in [0.1, 0.15) is 0 Å². The number of nitrogens with zero attached hydrogens (tertiary/aromatic N) is 1. The van der Waals surface area contributed by atoms with E-state index in [2.05, 4.69) is 55.6 Å². The minimum Gasteiger partial charge on any atom is -0.305 e. The highest BCUT2D eigenvalue weighted by atomic mass is 14.9. The van der Waals surface area contributed by atoms with Gasteiger partial charge in [0, 0.05) is 5.69 Å². The summed E-state index contributed by atoms with van der Waals surface area (Å²) in [4.78, 5) is 4.70. The smallest absolute Gasteiger partial charge is 0.0751 e. The van der Waals surface area contributed by atoms with Gasteiger partial charge < -0.3 is 5.32 Å². The van der Waals surface area contributed by atoms with Gasteiger partial charge in [-0.3, -0.25) is 4.98 Å². The number of aryl methyl sites for hydroxylation is 2. The molecule has 1 atom stereocenters. The van der Waals surface area contributed by atoms with Crippen LogP contribution in [-0.4, -0.2) is 11.5 Å². The second-order valence-electron chi connectivity index (χ2n) is 5.19. The first-order valence-electron chi connectivity index (χ1n) is 7.50. The van der Waals surface area contributed by atoms with Crippen LogP contribution in [0.1, 0.15) is 48.8 Å². The Labute approximate surface area is 122 Å². The van der Waals surface area contributed by atoms with Crippen LogP contribution >= 0.6 is 0 Å². The molecule has 2 rings (SSSR count). The van der Waals surface area contributed by atoms with Gasteiger partial charge in [0.05, 0.1) is 11.7 Å². The van der Waals surface area contributed by atoms with Crippen molar-refractivity contribution in [3.63, 3.8) is 0 Å². The first-order valence-corrected chi connectivity index (χ1v) is 7.50. The van der Waals surface area contributed by atoms with Crippen LogP contribution in [0, 0.1) is 6.92 Å². The SMILES string of the molecule is CCCNC(c1cccc(CC)c1)c1cccc(C)n1. The summed E-state index contributed by atoms with van der Waals surface area (Å²) in [6.45, 7) is 7.42. The molecular formula is C18H24N2. The van der Waals surface area contributed by atoms with Crippen LogP contribution in [0.3, 0.4) is 0 Å². The molecule has 20 heavy (non-hydrogen) atoms. The number of rotatable bonds is 6. The first kappa shape index (κ1) is 14.7. The average molecular weight is 268 g/mol. The third kappa shape index (κ3) is 3.67. The maximum absolute atomic E-state index is 4.70. The topological polar surface area (TPSA) is 24.9 Å². The Balaban J connectivity index is 2.35. The van der Waals surface area contributed by atoms with Gasteiger partial charge in [-0.1, -0.05) is 44.2 Å². The number of benzene rings is 1. The molecule has 0 amide bonds. The second-order valence-corrected chi connectivity index (χ2v) is 5.19. The van der Waals surface area contributed by atoms with Crippen molar-refractivity contribution >= 4 is 0 Å². The van der Waals surface area contributed by atoms with E-state index >= 15 is 0 Å². The van der Waals surface area contributed by atoms with Gasteiger partial charge in [0.2, 0.25) is 0 Å². The fourth-order valence-electron chi connectivity index (χ4n) is 2.40. The molecule has 1 heterocycles. The Morgan fingerprint density at radius 1 is 1.10 bits per heavy atom. The summed E-state index contributed by atoms with van der Waals surface area (Å²) < 4.78 is 0. The lowest BCUT2D eigenvalue weighted by atomic mass is 9.99. The summed E-state index contributed by atoms with van der Waals surface area (Å²) in [5, 5.41) is 3.62. The van der Waals surface area contributed by atoms with Gasteiger partial charge in [-0.05, 0) is 49.6 Å². The zero-order valence-electron chi connectivity index (χ0n) is 12.7. The molecule has 2 aromatic rings. The summed E-state index contributed by atoms with van der Waals surface area (Å²) in [5.74, 6) is 0. The third-order valence-electron chi connectivity index (χ3n) is 3.50. The van der Waals surface area contributed by atoms with Crippen molar-refractivity contribution in [2.75, 3.05) is 6.54 Å². The van der Waals surface area contributed by atoms with Crippen LogP contribution in [0.4, 0.5) is 0 Å². The van der Waals surface area contributed by atoms with Crippen molar-refractivity contribution < 1.29 is 0 Å². The normalized spacial score (nSPS) is 12.3. The van der Waals surface area contributed by atoms with Gasteiger partial charge in [0.15, 0.2) is 0 Å². The molecule has 1 N–H and O–H groups in total. The molecule has 0 bridgehead atoms. The van der Waals surface area contributed by atoms with Crippen LogP contribution in [-0.2, 0) is 6.42 Å². The van der Waals surface area contributed by atoms with E-state index < -0.39 is 0 Å². The van der Waals surface area contributed by atoms with Crippen LogP contribution in [0.5, 0.6) is 0 Å². The van der Waals surface area contributed by atoms with E-state index in [1.165, 1.54) is 11.1 Å². The fraction of sp³-hybridized carbons (Fsp3) is 0.389. The molecule has 1 aromatic heterocycles. The summed E-state index contributed by atoms with van der Waals surface area (Å²) in [5.41, 5.74) is 4.85. The van der Waals surface area contributed by atoms with Crippen molar-refractivity contribution in [1.29, 1.82) is 0 Å². The monoisotopic (exact) mass is 268 g/mol. The molecule has 0 aliphatic rings. The summed E-state index contributed by atoms with van der Waals surface area (Å²) >= 11 is 0. The van der Waals surface area contributed by atoms with E-state index in [9.17, 15) is 0 Å². The molecule has 2 heteroatoms. The quantitative estimate of drug-likeness (QED) is 0.855. The Kier molecular flexibility index (Phi) is 5.31. The Bertz CT molecular complexity index is 549. The van der Waals surface area contributed by atoms with Crippen molar-refractivity contribution in [2.45, 2.75) is 39.7 Å². The van der Waals surface area contributed by atoms with E-state index in [1.807, 2.05) is 13.0 Å². The molecule has 0 aliphatic heterocycles. The largest absolute Gasteiger partial charge is 0.305 e. The zero-order chi connectivity index (χ0) is 14.4. The van der Waals surface area contributed by atoms with Gasteiger partial charge in [-0.15, -0.1) is 0 Å². The highest BCUT2D eigenvalue weighted by Crippen LogP contribution is 2.22. The van der Waals surface area contributed by atoms with Crippen LogP contribution < -0.4 is 5.32 Å². The van der Waals surface area contributed by atoms with Crippen LogP contribution in [0.15, 0.2) is 42.5 Å². The number of hydrogen-bond donors (Lipinski definition) is 1. The molecule has 0 saturated heterocycles. The van der Waals surface area contributed by atoms with E-state index in [1.54, 1.807) is 0 Å². The molecular weight excluding hydrogens is 244 g/mol. The molecule has 0 saturated carbocycles. The molecule has 1 unspecified atom stereocenters. The highest BCUT2D eigenvalue weighted by molar-refractivity contribution is 5.32. The third-order valence-corrected chi connectivity index (χ3v) is 3.50. The summed E-state index contributed by atoms with van der Waals surface area (Å²) in [6.07, 6.45) is 2.19. The molecule has 106 valence electrons. The maximum atomic E-state index is 4.70. The average Bonchev–Trinajstić information content (AvgIpc) is 2.48. The van der Waals surface area contributed by atoms with Crippen molar-refractivity contribution in [3.05, 3.63) is 65.0 Å². The summed E-state index contributed by atoms with van der Waals surface area (Å²) in [7, 11) is 0. The lowest BCUT2D eigenvalue weighted by molar-refractivity contribution is 0.585. The van der Waals surface area contributed by atoms with Gasteiger partial charge in [0.25, 0.3) is 0 Å². The van der Waals surface area contributed by atoms with E-state index in [-0.39, 0.29) is 6.04 Å². The van der Waals surface area contributed by atoms with Crippen LogP contribution in [0.2, 0.25) is 0 Å². The lowest BCUT2D eigenvalue weighted by Gasteiger charge is -2.19. The van der Waals surface area contributed by atoms with Crippen LogP contribution in [0.25, 0.3) is 0 Å². The van der Waals surface area contributed by atoms with Gasteiger partial charge in [-0.2, -0.15) is 0 Å². The zero-order valence-corrected chi connectivity index (χ0v) is 12.7. The second kappa shape index (κ2) is 7.20. The van der Waals surface area contributed by atoms with Crippen molar-refractivity contribution in [2.24, 2.45) is 0 Å². The molecule has 2 nitrogen and oxygen atoms in total. The summed E-state index contributed by atoms with van der Waals surface area (Å²) in [6, 6.07) is 15.2. The highest BCUT2D eigenvalue weighted by Gasteiger charge is 2.14. The van der Waals surface area contributed by atoms with Crippen molar-refractivity contribution in [3.8, 4) is 0 Å². The molecule has 0 spiro atoms. The molecule has 0 fully saturated rings. The number of pyridine rings is 1. The lowest BCUT2D eigenvalue weighted by Crippen LogP contribution is -2.24. The molecule has 1 aromatic carbocycles. The predicted octanol–water partition coefficient (Wildman–Crippen LogP) is 4.04. The number of aromatic nitrogens is 1. The molecule has 0 aliphatic carbocycles. The number of hydrogen-bond acceptors (Lipinski definition) is 2. The Morgan fingerprint density at radius 3 is 2.60 bits per heavy atom. The number of nitrogens with one attached hydrogen (secondary N) is 1. The van der Waals surface area contributed by atoms with Gasteiger partial charge in [-0.25, -0.2) is 0 Å². The maximum Gasteiger partial charge on any atom is 0.0751 e.